The molecule has 18 heavy (non-hydrogen) atoms. The van der Waals surface area contributed by atoms with Crippen molar-refractivity contribution >= 4 is 11.6 Å². The van der Waals surface area contributed by atoms with E-state index in [9.17, 15) is 4.79 Å². The van der Waals surface area contributed by atoms with Crippen molar-refractivity contribution in [2.75, 3.05) is 13.1 Å². The van der Waals surface area contributed by atoms with Crippen LogP contribution in [-0.4, -0.2) is 33.3 Å². The van der Waals surface area contributed by atoms with E-state index in [4.69, 9.17) is 0 Å². The van der Waals surface area contributed by atoms with Gasteiger partial charge in [-0.15, -0.1) is 13.2 Å². The Balaban J connectivity index is 2.30. The third kappa shape index (κ3) is 2.32. The van der Waals surface area contributed by atoms with Crippen molar-refractivity contribution in [3.05, 3.63) is 61.6 Å². The van der Waals surface area contributed by atoms with Crippen LogP contribution in [-0.2, 0) is 0 Å². The minimum Gasteiger partial charge on any atom is -0.330 e. The Hall–Kier alpha value is -2.36. The van der Waals surface area contributed by atoms with Crippen molar-refractivity contribution in [2.45, 2.75) is 0 Å². The highest BCUT2D eigenvalue weighted by Gasteiger charge is 2.16. The molecule has 0 fully saturated rings. The van der Waals surface area contributed by atoms with Crippen LogP contribution in [0.2, 0.25) is 0 Å². The molecular weight excluding hydrogens is 226 g/mol. The van der Waals surface area contributed by atoms with Gasteiger partial charge in [0.25, 0.3) is 5.91 Å². The molecule has 0 aliphatic carbocycles. The predicted octanol–water partition coefficient (Wildman–Crippen LogP) is 2.15. The lowest BCUT2D eigenvalue weighted by Crippen LogP contribution is -2.31. The summed E-state index contributed by atoms with van der Waals surface area (Å²) in [7, 11) is 0. The fourth-order valence-electron chi connectivity index (χ4n) is 1.75. The molecule has 0 aliphatic rings. The third-order valence-corrected chi connectivity index (χ3v) is 2.57. The van der Waals surface area contributed by atoms with Crippen molar-refractivity contribution in [1.82, 2.24) is 14.3 Å². The summed E-state index contributed by atoms with van der Waals surface area (Å²) < 4.78 is 1.83. The number of fused-ring (bicyclic) bond motifs is 1. The molecule has 0 saturated carbocycles. The summed E-state index contributed by atoms with van der Waals surface area (Å²) >= 11 is 0. The normalized spacial score (nSPS) is 10.2. The van der Waals surface area contributed by atoms with Crippen molar-refractivity contribution in [1.29, 1.82) is 0 Å². The molecular formula is C14H15N3O. The Kier molecular flexibility index (Phi) is 3.57. The zero-order chi connectivity index (χ0) is 13.0. The summed E-state index contributed by atoms with van der Waals surface area (Å²) in [6, 6.07) is 5.65. The fourth-order valence-corrected chi connectivity index (χ4v) is 1.75. The number of imidazole rings is 1. The fraction of sp³-hybridized carbons (Fsp3) is 0.143. The van der Waals surface area contributed by atoms with Crippen LogP contribution in [0.25, 0.3) is 5.65 Å². The van der Waals surface area contributed by atoms with E-state index >= 15 is 0 Å². The van der Waals surface area contributed by atoms with E-state index < -0.39 is 0 Å². The van der Waals surface area contributed by atoms with Gasteiger partial charge in [0, 0.05) is 25.5 Å². The molecule has 0 radical (unpaired) electrons. The van der Waals surface area contributed by atoms with Crippen LogP contribution in [0.3, 0.4) is 0 Å². The SMILES string of the molecule is C=CCN(CC=C)C(=O)c1cn2ccccc2n1. The van der Waals surface area contributed by atoms with Gasteiger partial charge in [0.1, 0.15) is 11.3 Å². The Morgan fingerprint density at radius 2 is 2.06 bits per heavy atom. The number of amides is 1. The number of aromatic nitrogens is 2. The Morgan fingerprint density at radius 3 is 2.67 bits per heavy atom. The van der Waals surface area contributed by atoms with Gasteiger partial charge >= 0.3 is 0 Å². The van der Waals surface area contributed by atoms with E-state index in [1.165, 1.54) is 0 Å². The quantitative estimate of drug-likeness (QED) is 0.752. The topological polar surface area (TPSA) is 37.6 Å². The summed E-state index contributed by atoms with van der Waals surface area (Å²) in [6.45, 7) is 8.27. The minimum atomic E-state index is -0.112. The molecule has 0 aromatic carbocycles. The maximum absolute atomic E-state index is 12.2. The van der Waals surface area contributed by atoms with Gasteiger partial charge in [0.2, 0.25) is 0 Å². The first-order chi connectivity index (χ1) is 8.76. The maximum Gasteiger partial charge on any atom is 0.274 e. The molecule has 1 amide bonds. The maximum atomic E-state index is 12.2. The molecule has 0 aliphatic heterocycles. The first-order valence-electron chi connectivity index (χ1n) is 5.71. The molecule has 2 aromatic rings. The molecule has 0 unspecified atom stereocenters. The molecule has 2 heterocycles. The molecule has 4 heteroatoms. The van der Waals surface area contributed by atoms with Gasteiger partial charge in [0.15, 0.2) is 0 Å². The first kappa shape index (κ1) is 12.1. The van der Waals surface area contributed by atoms with Crippen LogP contribution < -0.4 is 0 Å². The van der Waals surface area contributed by atoms with Crippen molar-refractivity contribution in [3.63, 3.8) is 0 Å². The molecule has 4 nitrogen and oxygen atoms in total. The summed E-state index contributed by atoms with van der Waals surface area (Å²) in [5.41, 5.74) is 1.20. The number of hydrogen-bond donors (Lipinski definition) is 0. The molecule has 2 rings (SSSR count). The van der Waals surface area contributed by atoms with E-state index in [2.05, 4.69) is 18.1 Å². The lowest BCUT2D eigenvalue weighted by Gasteiger charge is -2.17. The van der Waals surface area contributed by atoms with Gasteiger partial charge in [-0.3, -0.25) is 4.79 Å². The number of rotatable bonds is 5. The summed E-state index contributed by atoms with van der Waals surface area (Å²) in [6.07, 6.45) is 6.98. The van der Waals surface area contributed by atoms with E-state index in [1.807, 2.05) is 28.8 Å². The molecule has 0 spiro atoms. The van der Waals surface area contributed by atoms with Gasteiger partial charge in [0.05, 0.1) is 0 Å². The van der Waals surface area contributed by atoms with Gasteiger partial charge in [-0.25, -0.2) is 4.98 Å². The number of carbonyl (C=O) groups is 1. The van der Waals surface area contributed by atoms with Gasteiger partial charge < -0.3 is 9.30 Å². The molecule has 0 bridgehead atoms. The smallest absolute Gasteiger partial charge is 0.274 e. The van der Waals surface area contributed by atoms with Crippen LogP contribution in [0.4, 0.5) is 0 Å². The monoisotopic (exact) mass is 241 g/mol. The highest BCUT2D eigenvalue weighted by atomic mass is 16.2. The van der Waals surface area contributed by atoms with Gasteiger partial charge in [-0.05, 0) is 12.1 Å². The zero-order valence-corrected chi connectivity index (χ0v) is 10.1. The number of carbonyl (C=O) groups excluding carboxylic acids is 1. The van der Waals surface area contributed by atoms with Crippen LogP contribution >= 0.6 is 0 Å². The van der Waals surface area contributed by atoms with Crippen molar-refractivity contribution in [3.8, 4) is 0 Å². The van der Waals surface area contributed by atoms with Crippen LogP contribution in [0.1, 0.15) is 10.5 Å². The Bertz CT molecular complexity index is 542. The van der Waals surface area contributed by atoms with Gasteiger partial charge in [-0.1, -0.05) is 18.2 Å². The first-order valence-corrected chi connectivity index (χ1v) is 5.71. The molecule has 0 atom stereocenters. The lowest BCUT2D eigenvalue weighted by molar-refractivity contribution is 0.0786. The molecule has 0 saturated heterocycles. The number of pyridine rings is 1. The van der Waals surface area contributed by atoms with E-state index in [0.717, 1.165) is 5.65 Å². The minimum absolute atomic E-state index is 0.112. The molecule has 2 aromatic heterocycles. The third-order valence-electron chi connectivity index (χ3n) is 2.57. The van der Waals surface area contributed by atoms with E-state index in [-0.39, 0.29) is 5.91 Å². The van der Waals surface area contributed by atoms with E-state index in [1.54, 1.807) is 23.2 Å². The zero-order valence-electron chi connectivity index (χ0n) is 10.1. The summed E-state index contributed by atoms with van der Waals surface area (Å²) in [5, 5.41) is 0. The van der Waals surface area contributed by atoms with Crippen molar-refractivity contribution < 1.29 is 4.79 Å². The van der Waals surface area contributed by atoms with Crippen LogP contribution in [0.15, 0.2) is 55.9 Å². The highest BCUT2D eigenvalue weighted by molar-refractivity contribution is 5.93. The summed E-state index contributed by atoms with van der Waals surface area (Å²) in [4.78, 5) is 18.2. The van der Waals surface area contributed by atoms with Crippen LogP contribution in [0.5, 0.6) is 0 Å². The van der Waals surface area contributed by atoms with Gasteiger partial charge in [-0.2, -0.15) is 0 Å². The van der Waals surface area contributed by atoms with Crippen LogP contribution in [0, 0.1) is 0 Å². The molecule has 0 N–H and O–H groups in total. The largest absolute Gasteiger partial charge is 0.330 e. The Labute approximate surface area is 106 Å². The second kappa shape index (κ2) is 5.31. The highest BCUT2D eigenvalue weighted by Crippen LogP contribution is 2.07. The summed E-state index contributed by atoms with van der Waals surface area (Å²) in [5.74, 6) is -0.112. The number of nitrogens with zero attached hydrogens (tertiary/aromatic N) is 3. The standard InChI is InChI=1S/C14H15N3O/c1-3-8-16(9-4-2)14(18)12-11-17-10-6-5-7-13(17)15-12/h3-7,10-11H,1-2,8-9H2. The predicted molar refractivity (Wildman–Crippen MR) is 71.5 cm³/mol. The average molecular weight is 241 g/mol. The second-order valence-corrected chi connectivity index (χ2v) is 3.88. The van der Waals surface area contributed by atoms with Crippen molar-refractivity contribution in [2.24, 2.45) is 0 Å². The van der Waals surface area contributed by atoms with E-state index in [0.29, 0.717) is 18.8 Å². The Morgan fingerprint density at radius 1 is 1.33 bits per heavy atom. The average Bonchev–Trinajstić information content (AvgIpc) is 2.81. The number of hydrogen-bond acceptors (Lipinski definition) is 2. The molecule has 92 valence electrons. The lowest BCUT2D eigenvalue weighted by atomic mass is 10.3. The second-order valence-electron chi connectivity index (χ2n) is 3.88.